The molecule has 4 rings (SSSR count). The highest BCUT2D eigenvalue weighted by atomic mass is 16.2. The average molecular weight is 383 g/mol. The summed E-state index contributed by atoms with van der Waals surface area (Å²) in [5.41, 5.74) is 2.78. The zero-order valence-electron chi connectivity index (χ0n) is 17.7. The Morgan fingerprint density at radius 2 is 1.54 bits per heavy atom. The molecule has 1 aromatic rings. The molecule has 0 aromatic heterocycles. The van der Waals surface area contributed by atoms with Crippen LogP contribution in [0.1, 0.15) is 81.3 Å². The van der Waals surface area contributed by atoms with Gasteiger partial charge in [-0.05, 0) is 75.9 Å². The Bertz CT molecular complexity index is 626. The summed E-state index contributed by atoms with van der Waals surface area (Å²) in [7, 11) is 0. The van der Waals surface area contributed by atoms with E-state index in [-0.39, 0.29) is 0 Å². The van der Waals surface area contributed by atoms with E-state index in [1.165, 1.54) is 69.2 Å². The predicted molar refractivity (Wildman–Crippen MR) is 116 cm³/mol. The Kier molecular flexibility index (Phi) is 6.72. The van der Waals surface area contributed by atoms with Crippen LogP contribution in [0.2, 0.25) is 0 Å². The maximum Gasteiger partial charge on any atom is 0.222 e. The van der Waals surface area contributed by atoms with Crippen LogP contribution in [-0.4, -0.2) is 47.9 Å². The van der Waals surface area contributed by atoms with Crippen molar-refractivity contribution in [3.05, 3.63) is 35.4 Å². The lowest BCUT2D eigenvalue weighted by Gasteiger charge is -2.42. The highest BCUT2D eigenvalue weighted by Gasteiger charge is 2.33. The molecule has 2 heterocycles. The molecule has 1 aliphatic carbocycles. The third-order valence-electron chi connectivity index (χ3n) is 7.56. The second-order valence-electron chi connectivity index (χ2n) is 9.48. The average Bonchev–Trinajstić information content (AvgIpc) is 2.75. The molecule has 1 saturated carbocycles. The number of hydrogen-bond donors (Lipinski definition) is 0. The predicted octanol–water partition coefficient (Wildman–Crippen LogP) is 5.14. The smallest absolute Gasteiger partial charge is 0.222 e. The molecule has 1 aromatic carbocycles. The molecule has 0 N–H and O–H groups in total. The maximum atomic E-state index is 13.1. The molecular weight excluding hydrogens is 344 g/mol. The molecule has 3 heteroatoms. The fourth-order valence-corrected chi connectivity index (χ4v) is 5.81. The SMILES string of the molecule is Cc1ccc(C2CCN(C(=O)C[C@H]3CCCCC3N3CCCCC3)CC2)cc1. The Morgan fingerprint density at radius 1 is 0.857 bits per heavy atom. The van der Waals surface area contributed by atoms with Crippen molar-refractivity contribution in [3.8, 4) is 0 Å². The molecule has 0 spiro atoms. The number of amides is 1. The van der Waals surface area contributed by atoms with Crippen molar-refractivity contribution in [3.63, 3.8) is 0 Å². The maximum absolute atomic E-state index is 13.1. The van der Waals surface area contributed by atoms with Gasteiger partial charge in [0.15, 0.2) is 0 Å². The minimum Gasteiger partial charge on any atom is -0.343 e. The molecule has 3 fully saturated rings. The highest BCUT2D eigenvalue weighted by molar-refractivity contribution is 5.76. The van der Waals surface area contributed by atoms with Crippen LogP contribution in [0.5, 0.6) is 0 Å². The van der Waals surface area contributed by atoms with Crippen molar-refractivity contribution in [2.45, 2.75) is 83.1 Å². The second kappa shape index (κ2) is 9.43. The van der Waals surface area contributed by atoms with Crippen molar-refractivity contribution in [1.82, 2.24) is 9.80 Å². The summed E-state index contributed by atoms with van der Waals surface area (Å²) in [6, 6.07) is 9.67. The van der Waals surface area contributed by atoms with Gasteiger partial charge >= 0.3 is 0 Å². The van der Waals surface area contributed by atoms with E-state index in [0.717, 1.165) is 32.4 Å². The quantitative estimate of drug-likeness (QED) is 0.720. The highest BCUT2D eigenvalue weighted by Crippen LogP contribution is 2.34. The van der Waals surface area contributed by atoms with Crippen LogP contribution >= 0.6 is 0 Å². The molecule has 1 unspecified atom stereocenters. The van der Waals surface area contributed by atoms with E-state index >= 15 is 0 Å². The molecular formula is C25H38N2O. The van der Waals surface area contributed by atoms with Crippen LogP contribution in [0.3, 0.4) is 0 Å². The Morgan fingerprint density at radius 3 is 2.25 bits per heavy atom. The minimum atomic E-state index is 0.427. The number of aryl methyl sites for hydroxylation is 1. The summed E-state index contributed by atoms with van der Waals surface area (Å²) in [6.45, 7) is 6.55. The number of hydrogen-bond acceptors (Lipinski definition) is 2. The zero-order valence-corrected chi connectivity index (χ0v) is 17.7. The summed E-state index contributed by atoms with van der Waals surface area (Å²) in [5.74, 6) is 1.64. The lowest BCUT2D eigenvalue weighted by molar-refractivity contribution is -0.134. The molecule has 28 heavy (non-hydrogen) atoms. The lowest BCUT2D eigenvalue weighted by atomic mass is 9.80. The Hall–Kier alpha value is -1.35. The summed E-state index contributed by atoms with van der Waals surface area (Å²) in [5, 5.41) is 0. The van der Waals surface area contributed by atoms with Gasteiger partial charge in [-0.25, -0.2) is 0 Å². The van der Waals surface area contributed by atoms with E-state index in [9.17, 15) is 4.79 Å². The molecule has 3 nitrogen and oxygen atoms in total. The third kappa shape index (κ3) is 4.79. The van der Waals surface area contributed by atoms with Gasteiger partial charge in [-0.1, -0.05) is 49.1 Å². The van der Waals surface area contributed by atoms with Crippen LogP contribution in [0.25, 0.3) is 0 Å². The van der Waals surface area contributed by atoms with E-state index in [0.29, 0.717) is 23.8 Å². The first-order valence-corrected chi connectivity index (χ1v) is 11.8. The topological polar surface area (TPSA) is 23.6 Å². The Labute approximate surface area is 171 Å². The summed E-state index contributed by atoms with van der Waals surface area (Å²) >= 11 is 0. The molecule has 0 radical (unpaired) electrons. The van der Waals surface area contributed by atoms with Gasteiger partial charge in [0.2, 0.25) is 5.91 Å². The van der Waals surface area contributed by atoms with Gasteiger partial charge in [-0.2, -0.15) is 0 Å². The van der Waals surface area contributed by atoms with Gasteiger partial charge in [-0.15, -0.1) is 0 Å². The van der Waals surface area contributed by atoms with Gasteiger partial charge in [-0.3, -0.25) is 4.79 Å². The van der Waals surface area contributed by atoms with Gasteiger partial charge in [0.05, 0.1) is 0 Å². The Balaban J connectivity index is 1.30. The van der Waals surface area contributed by atoms with Crippen LogP contribution in [0, 0.1) is 12.8 Å². The van der Waals surface area contributed by atoms with Crippen molar-refractivity contribution < 1.29 is 4.79 Å². The number of benzene rings is 1. The lowest BCUT2D eigenvalue weighted by Crippen LogP contribution is -2.47. The fourth-order valence-electron chi connectivity index (χ4n) is 5.81. The molecule has 2 saturated heterocycles. The van der Waals surface area contributed by atoms with E-state index in [1.54, 1.807) is 0 Å². The summed E-state index contributed by atoms with van der Waals surface area (Å²) in [4.78, 5) is 18.0. The van der Waals surface area contributed by atoms with E-state index < -0.39 is 0 Å². The largest absolute Gasteiger partial charge is 0.343 e. The normalized spacial score (nSPS) is 27.7. The molecule has 2 aliphatic heterocycles. The molecule has 0 bridgehead atoms. The van der Waals surface area contributed by atoms with E-state index in [4.69, 9.17) is 0 Å². The van der Waals surface area contributed by atoms with Gasteiger partial charge < -0.3 is 9.80 Å². The summed E-state index contributed by atoms with van der Waals surface area (Å²) < 4.78 is 0. The monoisotopic (exact) mass is 382 g/mol. The van der Waals surface area contributed by atoms with Crippen LogP contribution in [0.15, 0.2) is 24.3 Å². The third-order valence-corrected chi connectivity index (χ3v) is 7.56. The molecule has 154 valence electrons. The standard InChI is InChI=1S/C25H38N2O/c1-20-9-11-21(12-10-20)22-13-17-27(18-14-22)25(28)19-23-7-3-4-8-24(23)26-15-5-2-6-16-26/h9-12,22-24H,2-8,13-19H2,1H3/t23-,24?/m1/s1. The van der Waals surface area contributed by atoms with Crippen molar-refractivity contribution in [2.24, 2.45) is 5.92 Å². The number of rotatable bonds is 4. The van der Waals surface area contributed by atoms with Crippen LogP contribution < -0.4 is 0 Å². The number of likely N-dealkylation sites (tertiary alicyclic amines) is 2. The number of carbonyl (C=O) groups is 1. The molecule has 1 amide bonds. The van der Waals surface area contributed by atoms with Gasteiger partial charge in [0.25, 0.3) is 0 Å². The second-order valence-corrected chi connectivity index (χ2v) is 9.48. The number of carbonyl (C=O) groups excluding carboxylic acids is 1. The van der Waals surface area contributed by atoms with Gasteiger partial charge in [0, 0.05) is 25.6 Å². The molecule has 3 aliphatic rings. The van der Waals surface area contributed by atoms with Crippen molar-refractivity contribution in [1.29, 1.82) is 0 Å². The van der Waals surface area contributed by atoms with Gasteiger partial charge in [0.1, 0.15) is 0 Å². The number of piperidine rings is 2. The van der Waals surface area contributed by atoms with Crippen LogP contribution in [-0.2, 0) is 4.79 Å². The first-order valence-electron chi connectivity index (χ1n) is 11.8. The van der Waals surface area contributed by atoms with Crippen molar-refractivity contribution >= 4 is 5.91 Å². The van der Waals surface area contributed by atoms with Crippen molar-refractivity contribution in [2.75, 3.05) is 26.2 Å². The summed E-state index contributed by atoms with van der Waals surface area (Å²) in [6.07, 6.45) is 12.4. The minimum absolute atomic E-state index is 0.427. The van der Waals surface area contributed by atoms with E-state index in [2.05, 4.69) is 41.0 Å². The number of nitrogens with zero attached hydrogens (tertiary/aromatic N) is 2. The first kappa shape index (κ1) is 19.9. The van der Waals surface area contributed by atoms with E-state index in [1.807, 2.05) is 0 Å². The zero-order chi connectivity index (χ0) is 19.3. The fraction of sp³-hybridized carbons (Fsp3) is 0.720. The molecule has 2 atom stereocenters. The van der Waals surface area contributed by atoms with Crippen LogP contribution in [0.4, 0.5) is 0 Å². The first-order chi connectivity index (χ1) is 13.7.